The lowest BCUT2D eigenvalue weighted by molar-refractivity contribution is -0.130. The van der Waals surface area contributed by atoms with Gasteiger partial charge in [-0.1, -0.05) is 42.8 Å². The second-order valence-electron chi connectivity index (χ2n) is 7.18. The van der Waals surface area contributed by atoms with E-state index in [1.54, 1.807) is 0 Å². The summed E-state index contributed by atoms with van der Waals surface area (Å²) in [6, 6.07) is 16.5. The number of nitrogens with two attached hydrogens (primary N) is 1. The van der Waals surface area contributed by atoms with E-state index >= 15 is 0 Å². The van der Waals surface area contributed by atoms with Gasteiger partial charge < -0.3 is 11.1 Å². The Kier molecular flexibility index (Phi) is 3.79. The van der Waals surface area contributed by atoms with Crippen LogP contribution in [0.5, 0.6) is 0 Å². The van der Waals surface area contributed by atoms with Crippen LogP contribution < -0.4 is 11.1 Å². The Morgan fingerprint density at radius 2 is 1.88 bits per heavy atom. The van der Waals surface area contributed by atoms with E-state index in [0.29, 0.717) is 0 Å². The van der Waals surface area contributed by atoms with Gasteiger partial charge in [-0.05, 0) is 60.9 Å². The van der Waals surface area contributed by atoms with Crippen molar-refractivity contribution in [1.82, 2.24) is 5.32 Å². The maximum atomic E-state index is 13.2. The van der Waals surface area contributed by atoms with Crippen LogP contribution in [-0.2, 0) is 16.6 Å². The van der Waals surface area contributed by atoms with E-state index in [9.17, 15) is 4.79 Å². The number of nitrogens with one attached hydrogen (secondary N) is 1. The van der Waals surface area contributed by atoms with Gasteiger partial charge >= 0.3 is 0 Å². The number of carbonyl (C=O) groups is 1. The van der Waals surface area contributed by atoms with Gasteiger partial charge in [-0.3, -0.25) is 4.79 Å². The van der Waals surface area contributed by atoms with E-state index in [4.69, 9.17) is 5.73 Å². The topological polar surface area (TPSA) is 55.1 Å². The number of nitrogen functional groups attached to an aromatic ring is 1. The Labute approximate surface area is 143 Å². The van der Waals surface area contributed by atoms with Gasteiger partial charge in [0.05, 0.1) is 11.5 Å². The van der Waals surface area contributed by atoms with Crippen LogP contribution in [0.25, 0.3) is 0 Å². The first-order valence-electron chi connectivity index (χ1n) is 8.94. The van der Waals surface area contributed by atoms with Gasteiger partial charge in [0.15, 0.2) is 0 Å². The number of rotatable bonds is 3. The van der Waals surface area contributed by atoms with E-state index < -0.39 is 0 Å². The van der Waals surface area contributed by atoms with E-state index in [2.05, 4.69) is 29.6 Å². The van der Waals surface area contributed by atoms with E-state index in [-0.39, 0.29) is 17.4 Å². The number of amides is 1. The Bertz CT molecular complexity index is 750. The lowest BCUT2D eigenvalue weighted by Crippen LogP contribution is -2.50. The van der Waals surface area contributed by atoms with Crippen molar-refractivity contribution >= 4 is 11.6 Å². The van der Waals surface area contributed by atoms with Crippen LogP contribution in [0, 0.1) is 0 Å². The average molecular weight is 320 g/mol. The molecule has 0 aliphatic heterocycles. The van der Waals surface area contributed by atoms with Crippen molar-refractivity contribution in [3.05, 3.63) is 65.2 Å². The van der Waals surface area contributed by atoms with Gasteiger partial charge in [0, 0.05) is 5.69 Å². The summed E-state index contributed by atoms with van der Waals surface area (Å²) in [4.78, 5) is 13.2. The molecule has 3 nitrogen and oxygen atoms in total. The maximum Gasteiger partial charge on any atom is 0.231 e. The molecule has 3 heteroatoms. The fourth-order valence-corrected chi connectivity index (χ4v) is 4.21. The van der Waals surface area contributed by atoms with E-state index in [1.165, 1.54) is 11.1 Å². The Morgan fingerprint density at radius 3 is 2.58 bits per heavy atom. The lowest BCUT2D eigenvalue weighted by atomic mass is 9.63. The number of aryl methyl sites for hydroxylation is 1. The van der Waals surface area contributed by atoms with Gasteiger partial charge in [-0.25, -0.2) is 0 Å². The summed E-state index contributed by atoms with van der Waals surface area (Å²) < 4.78 is 0. The van der Waals surface area contributed by atoms with Gasteiger partial charge in [-0.15, -0.1) is 0 Å². The third-order valence-corrected chi connectivity index (χ3v) is 5.75. The van der Waals surface area contributed by atoms with Crippen LogP contribution in [0.15, 0.2) is 48.5 Å². The molecule has 2 aliphatic rings. The first-order valence-corrected chi connectivity index (χ1v) is 8.94. The highest BCUT2D eigenvalue weighted by Crippen LogP contribution is 2.44. The molecule has 124 valence electrons. The maximum absolute atomic E-state index is 13.2. The van der Waals surface area contributed by atoms with Crippen molar-refractivity contribution in [3.8, 4) is 0 Å². The summed E-state index contributed by atoms with van der Waals surface area (Å²) in [5.41, 5.74) is 10.1. The summed E-state index contributed by atoms with van der Waals surface area (Å²) in [5.74, 6) is 0.189. The first kappa shape index (κ1) is 15.3. The van der Waals surface area contributed by atoms with Crippen molar-refractivity contribution in [2.45, 2.75) is 50.0 Å². The minimum Gasteiger partial charge on any atom is -0.399 e. The monoisotopic (exact) mass is 320 g/mol. The molecule has 1 fully saturated rings. The quantitative estimate of drug-likeness (QED) is 0.843. The molecule has 3 N–H and O–H groups in total. The molecule has 0 spiro atoms. The van der Waals surface area contributed by atoms with Crippen LogP contribution in [-0.4, -0.2) is 5.91 Å². The highest BCUT2D eigenvalue weighted by molar-refractivity contribution is 5.89. The fraction of sp³-hybridized carbons (Fsp3) is 0.381. The van der Waals surface area contributed by atoms with Crippen molar-refractivity contribution in [2.75, 3.05) is 5.73 Å². The Morgan fingerprint density at radius 1 is 1.08 bits per heavy atom. The Balaban J connectivity index is 1.59. The molecule has 1 saturated carbocycles. The third kappa shape index (κ3) is 2.48. The van der Waals surface area contributed by atoms with Gasteiger partial charge in [0.2, 0.25) is 5.91 Å². The van der Waals surface area contributed by atoms with Crippen LogP contribution in [0.1, 0.15) is 54.8 Å². The number of benzene rings is 2. The fourth-order valence-electron chi connectivity index (χ4n) is 4.21. The minimum atomic E-state index is -0.327. The standard InChI is InChI=1S/C21H24N2O/c22-17-10-11-18-15(14-17)6-4-9-19(18)23-20(24)21(12-5-13-21)16-7-2-1-3-8-16/h1-3,7-8,10-11,14,19H,4-6,9,12-13,22H2,(H,23,24). The van der Waals surface area contributed by atoms with Gasteiger partial charge in [0.25, 0.3) is 0 Å². The summed E-state index contributed by atoms with van der Waals surface area (Å²) in [5, 5.41) is 3.36. The largest absolute Gasteiger partial charge is 0.399 e. The molecule has 2 aromatic carbocycles. The molecule has 0 saturated heterocycles. The summed E-state index contributed by atoms with van der Waals surface area (Å²) in [7, 11) is 0. The van der Waals surface area contributed by atoms with Gasteiger partial charge in [-0.2, -0.15) is 0 Å². The molecule has 1 atom stereocenters. The Hall–Kier alpha value is -2.29. The molecule has 0 radical (unpaired) electrons. The number of carbonyl (C=O) groups excluding carboxylic acids is 1. The van der Waals surface area contributed by atoms with E-state index in [1.807, 2.05) is 24.3 Å². The molecule has 1 amide bonds. The predicted octanol–water partition coefficient (Wildman–Crippen LogP) is 3.88. The van der Waals surface area contributed by atoms with E-state index in [0.717, 1.165) is 49.8 Å². The highest BCUT2D eigenvalue weighted by atomic mass is 16.2. The zero-order valence-electron chi connectivity index (χ0n) is 13.9. The van der Waals surface area contributed by atoms with Crippen molar-refractivity contribution in [2.24, 2.45) is 0 Å². The van der Waals surface area contributed by atoms with Crippen molar-refractivity contribution in [1.29, 1.82) is 0 Å². The van der Waals surface area contributed by atoms with Crippen molar-refractivity contribution < 1.29 is 4.79 Å². The number of anilines is 1. The average Bonchev–Trinajstić information content (AvgIpc) is 2.55. The molecule has 0 bridgehead atoms. The molecule has 2 aliphatic carbocycles. The smallest absolute Gasteiger partial charge is 0.231 e. The molecule has 24 heavy (non-hydrogen) atoms. The third-order valence-electron chi connectivity index (χ3n) is 5.75. The molecular weight excluding hydrogens is 296 g/mol. The zero-order chi connectivity index (χ0) is 16.6. The van der Waals surface area contributed by atoms with Crippen LogP contribution in [0.4, 0.5) is 5.69 Å². The number of fused-ring (bicyclic) bond motifs is 1. The minimum absolute atomic E-state index is 0.114. The summed E-state index contributed by atoms with van der Waals surface area (Å²) >= 11 is 0. The predicted molar refractivity (Wildman–Crippen MR) is 96.6 cm³/mol. The van der Waals surface area contributed by atoms with Gasteiger partial charge in [0.1, 0.15) is 0 Å². The highest BCUT2D eigenvalue weighted by Gasteiger charge is 2.46. The molecule has 4 rings (SSSR count). The summed E-state index contributed by atoms with van der Waals surface area (Å²) in [6.45, 7) is 0. The zero-order valence-corrected chi connectivity index (χ0v) is 13.9. The number of hydrogen-bond acceptors (Lipinski definition) is 2. The van der Waals surface area contributed by atoms with Crippen molar-refractivity contribution in [3.63, 3.8) is 0 Å². The van der Waals surface area contributed by atoms with Crippen LogP contribution >= 0.6 is 0 Å². The second kappa shape index (κ2) is 5.97. The molecule has 2 aromatic rings. The normalized spacial score (nSPS) is 21.4. The van der Waals surface area contributed by atoms with Crippen LogP contribution in [0.2, 0.25) is 0 Å². The summed E-state index contributed by atoms with van der Waals surface area (Å²) in [6.07, 6.45) is 6.18. The SMILES string of the molecule is Nc1ccc2c(c1)CCCC2NC(=O)C1(c2ccccc2)CCC1. The molecular formula is C21H24N2O. The second-order valence-corrected chi connectivity index (χ2v) is 7.18. The molecule has 1 unspecified atom stereocenters. The first-order chi connectivity index (χ1) is 11.7. The number of hydrogen-bond donors (Lipinski definition) is 2. The lowest BCUT2D eigenvalue weighted by Gasteiger charge is -2.42. The molecule has 0 heterocycles. The molecule has 0 aromatic heterocycles. The van der Waals surface area contributed by atoms with Crippen LogP contribution in [0.3, 0.4) is 0 Å².